The van der Waals surface area contributed by atoms with Gasteiger partial charge in [-0.2, -0.15) is 13.2 Å². The summed E-state index contributed by atoms with van der Waals surface area (Å²) in [5.74, 6) is -0.684. The molecule has 0 spiro atoms. The molecule has 4 nitrogen and oxygen atoms in total. The number of hydrogen-bond acceptors (Lipinski definition) is 3. The van der Waals surface area contributed by atoms with E-state index in [9.17, 15) is 18.0 Å². The maximum atomic E-state index is 12.5. The molecular formula is C13H16F3N3O. The molecule has 2 rings (SSSR count). The van der Waals surface area contributed by atoms with Gasteiger partial charge in [0.25, 0.3) is 5.91 Å². The number of carbonyl (C=O) groups is 1. The molecule has 0 atom stereocenters. The first-order valence-electron chi connectivity index (χ1n) is 6.65. The highest BCUT2D eigenvalue weighted by atomic mass is 19.4. The van der Waals surface area contributed by atoms with Crippen LogP contribution in [0.2, 0.25) is 0 Å². The topological polar surface area (TPSA) is 54.9 Å². The number of hydrogen-bond donors (Lipinski definition) is 1. The molecule has 1 aromatic rings. The predicted octanol–water partition coefficient (Wildman–Crippen LogP) is 2.81. The third-order valence-corrected chi connectivity index (χ3v) is 3.43. The van der Waals surface area contributed by atoms with Crippen molar-refractivity contribution < 1.29 is 18.0 Å². The molecule has 0 aromatic carbocycles. The number of halogens is 3. The molecule has 1 amide bonds. The van der Waals surface area contributed by atoms with E-state index in [4.69, 9.17) is 0 Å². The predicted molar refractivity (Wildman–Crippen MR) is 65.9 cm³/mol. The van der Waals surface area contributed by atoms with Crippen LogP contribution in [0.4, 0.5) is 13.2 Å². The first-order valence-corrected chi connectivity index (χ1v) is 6.65. The van der Waals surface area contributed by atoms with E-state index in [0.717, 1.165) is 37.9 Å². The normalized spacial score (nSPS) is 16.9. The van der Waals surface area contributed by atoms with E-state index in [1.807, 2.05) is 0 Å². The molecule has 20 heavy (non-hydrogen) atoms. The summed E-state index contributed by atoms with van der Waals surface area (Å²) in [4.78, 5) is 18.6. The van der Waals surface area contributed by atoms with Crippen LogP contribution in [-0.2, 0) is 6.18 Å². The number of carbonyl (C=O) groups excluding carboxylic acids is 1. The smallest absolute Gasteiger partial charge is 0.349 e. The van der Waals surface area contributed by atoms with Crippen LogP contribution in [0.3, 0.4) is 0 Å². The number of aromatic nitrogens is 2. The molecule has 1 aromatic heterocycles. The number of amides is 1. The Labute approximate surface area is 114 Å². The monoisotopic (exact) mass is 287 g/mol. The molecule has 0 aliphatic heterocycles. The van der Waals surface area contributed by atoms with Gasteiger partial charge < -0.3 is 5.32 Å². The van der Waals surface area contributed by atoms with Gasteiger partial charge in [0.1, 0.15) is 5.69 Å². The number of nitrogens with one attached hydrogen (secondary N) is 1. The zero-order valence-electron chi connectivity index (χ0n) is 10.9. The lowest BCUT2D eigenvalue weighted by Crippen LogP contribution is -2.31. The molecule has 0 radical (unpaired) electrons. The summed E-state index contributed by atoms with van der Waals surface area (Å²) in [5.41, 5.74) is -1.10. The van der Waals surface area contributed by atoms with E-state index in [2.05, 4.69) is 15.3 Å². The van der Waals surface area contributed by atoms with Crippen molar-refractivity contribution in [3.05, 3.63) is 23.8 Å². The molecule has 0 saturated heterocycles. The minimum absolute atomic E-state index is 0.401. The van der Waals surface area contributed by atoms with Crippen LogP contribution in [-0.4, -0.2) is 22.4 Å². The Kier molecular flexibility index (Phi) is 4.57. The maximum absolute atomic E-state index is 12.5. The van der Waals surface area contributed by atoms with Crippen molar-refractivity contribution in [2.75, 3.05) is 6.54 Å². The molecule has 1 N–H and O–H groups in total. The van der Waals surface area contributed by atoms with Crippen molar-refractivity contribution >= 4 is 5.91 Å². The molecular weight excluding hydrogens is 271 g/mol. The van der Waals surface area contributed by atoms with Gasteiger partial charge in [0.15, 0.2) is 0 Å². The molecule has 1 saturated carbocycles. The molecule has 1 heterocycles. The van der Waals surface area contributed by atoms with Gasteiger partial charge in [-0.05, 0) is 24.8 Å². The summed E-state index contributed by atoms with van der Waals surface area (Å²) in [6.07, 6.45) is 1.96. The standard InChI is InChI=1S/C13H16F3N3O/c14-13(15,16)10-6-7-17-11(19-10)12(20)18-8-9-4-2-1-3-5-9/h6-7,9H,1-5,8H2,(H,18,20). The maximum Gasteiger partial charge on any atom is 0.433 e. The highest BCUT2D eigenvalue weighted by Gasteiger charge is 2.33. The summed E-state index contributed by atoms with van der Waals surface area (Å²) >= 11 is 0. The van der Waals surface area contributed by atoms with E-state index in [-0.39, 0.29) is 0 Å². The van der Waals surface area contributed by atoms with Gasteiger partial charge in [0.2, 0.25) is 5.82 Å². The van der Waals surface area contributed by atoms with Gasteiger partial charge in [-0.1, -0.05) is 19.3 Å². The highest BCUT2D eigenvalue weighted by Crippen LogP contribution is 2.27. The van der Waals surface area contributed by atoms with Gasteiger partial charge in [-0.15, -0.1) is 0 Å². The fraction of sp³-hybridized carbons (Fsp3) is 0.615. The van der Waals surface area contributed by atoms with Crippen LogP contribution in [0.5, 0.6) is 0 Å². The lowest BCUT2D eigenvalue weighted by molar-refractivity contribution is -0.141. The fourth-order valence-electron chi connectivity index (χ4n) is 2.33. The number of alkyl halides is 3. The Morgan fingerprint density at radius 1 is 1.30 bits per heavy atom. The van der Waals surface area contributed by atoms with E-state index < -0.39 is 23.6 Å². The van der Waals surface area contributed by atoms with Crippen LogP contribution in [0.15, 0.2) is 12.3 Å². The molecule has 0 unspecified atom stereocenters. The Morgan fingerprint density at radius 3 is 2.65 bits per heavy atom. The summed E-state index contributed by atoms with van der Waals surface area (Å²) in [6, 6.07) is 0.748. The second-order valence-electron chi connectivity index (χ2n) is 4.98. The fourth-order valence-corrected chi connectivity index (χ4v) is 2.33. The van der Waals surface area contributed by atoms with Crippen molar-refractivity contribution in [1.29, 1.82) is 0 Å². The zero-order chi connectivity index (χ0) is 14.6. The lowest BCUT2D eigenvalue weighted by Gasteiger charge is -2.21. The Hall–Kier alpha value is -1.66. The number of rotatable bonds is 3. The second kappa shape index (κ2) is 6.19. The number of nitrogens with zero attached hydrogens (tertiary/aromatic N) is 2. The first kappa shape index (κ1) is 14.7. The van der Waals surface area contributed by atoms with E-state index >= 15 is 0 Å². The van der Waals surface area contributed by atoms with Crippen molar-refractivity contribution in [2.45, 2.75) is 38.3 Å². The summed E-state index contributed by atoms with van der Waals surface area (Å²) in [6.45, 7) is 0.471. The van der Waals surface area contributed by atoms with Crippen LogP contribution in [0.25, 0.3) is 0 Å². The van der Waals surface area contributed by atoms with Gasteiger partial charge in [-0.25, -0.2) is 9.97 Å². The largest absolute Gasteiger partial charge is 0.433 e. The third-order valence-electron chi connectivity index (χ3n) is 3.43. The van der Waals surface area contributed by atoms with Crippen LogP contribution in [0.1, 0.15) is 48.4 Å². The van der Waals surface area contributed by atoms with Gasteiger partial charge in [-0.3, -0.25) is 4.79 Å². The van der Waals surface area contributed by atoms with Gasteiger partial charge in [0.05, 0.1) is 0 Å². The summed E-state index contributed by atoms with van der Waals surface area (Å²) in [7, 11) is 0. The third kappa shape index (κ3) is 3.91. The highest BCUT2D eigenvalue weighted by molar-refractivity contribution is 5.90. The average molecular weight is 287 g/mol. The molecule has 7 heteroatoms. The van der Waals surface area contributed by atoms with Crippen molar-refractivity contribution in [3.8, 4) is 0 Å². The molecule has 1 aliphatic rings. The SMILES string of the molecule is O=C(NCC1CCCCC1)c1nccc(C(F)(F)F)n1. The summed E-state index contributed by atoms with van der Waals surface area (Å²) < 4.78 is 37.5. The quantitative estimate of drug-likeness (QED) is 0.930. The minimum Gasteiger partial charge on any atom is -0.349 e. The Balaban J connectivity index is 1.95. The van der Waals surface area contributed by atoms with E-state index in [1.54, 1.807) is 0 Å². The molecule has 110 valence electrons. The second-order valence-corrected chi connectivity index (χ2v) is 4.98. The van der Waals surface area contributed by atoms with Crippen LogP contribution in [0, 0.1) is 5.92 Å². The Bertz CT molecular complexity index is 470. The van der Waals surface area contributed by atoms with Crippen molar-refractivity contribution in [3.63, 3.8) is 0 Å². The van der Waals surface area contributed by atoms with Gasteiger partial charge >= 0.3 is 6.18 Å². The molecule has 0 bridgehead atoms. The lowest BCUT2D eigenvalue weighted by atomic mass is 9.89. The first-order chi connectivity index (χ1) is 9.47. The molecule has 1 fully saturated rings. The van der Waals surface area contributed by atoms with Gasteiger partial charge in [0, 0.05) is 12.7 Å². The van der Waals surface area contributed by atoms with Crippen molar-refractivity contribution in [1.82, 2.24) is 15.3 Å². The molecule has 1 aliphatic carbocycles. The van der Waals surface area contributed by atoms with E-state index in [0.29, 0.717) is 12.5 Å². The van der Waals surface area contributed by atoms with Crippen molar-refractivity contribution in [2.24, 2.45) is 5.92 Å². The Morgan fingerprint density at radius 2 is 2.00 bits per heavy atom. The zero-order valence-corrected chi connectivity index (χ0v) is 10.9. The van der Waals surface area contributed by atoms with Crippen LogP contribution < -0.4 is 5.32 Å². The minimum atomic E-state index is -4.57. The summed E-state index contributed by atoms with van der Waals surface area (Å²) in [5, 5.41) is 2.62. The average Bonchev–Trinajstić information content (AvgIpc) is 2.45. The van der Waals surface area contributed by atoms with Crippen LogP contribution >= 0.6 is 0 Å². The van der Waals surface area contributed by atoms with E-state index in [1.165, 1.54) is 6.42 Å².